The van der Waals surface area contributed by atoms with Crippen LogP contribution < -0.4 is 5.32 Å². The summed E-state index contributed by atoms with van der Waals surface area (Å²) >= 11 is 3.54. The van der Waals surface area contributed by atoms with E-state index in [9.17, 15) is 4.79 Å². The van der Waals surface area contributed by atoms with E-state index >= 15 is 0 Å². The van der Waals surface area contributed by atoms with Gasteiger partial charge in [-0.15, -0.1) is 0 Å². The molecule has 1 amide bonds. The van der Waals surface area contributed by atoms with E-state index in [-0.39, 0.29) is 5.91 Å². The molecule has 0 heterocycles. The number of hydrogen-bond donors (Lipinski definition) is 1. The number of rotatable bonds is 5. The summed E-state index contributed by atoms with van der Waals surface area (Å²) in [6.45, 7) is 2.84. The molecule has 1 aliphatic carbocycles. The maximum Gasteiger partial charge on any atom is 0.251 e. The standard InChI is InChI=1S/C21H20BrNO/c1-2-3-11-23-21(24)20-13-16(12-15-7-5-4-6-8-15)19-14-17(22)9-10-18(19)20/h4-10,12-14H,2-3,11H2,1H3,(H,23,24)/b16-12+. The molecule has 0 bridgehead atoms. The molecule has 0 unspecified atom stereocenters. The van der Waals surface area contributed by atoms with Crippen LogP contribution >= 0.6 is 15.9 Å². The van der Waals surface area contributed by atoms with E-state index in [0.29, 0.717) is 0 Å². The Balaban J connectivity index is 1.97. The highest BCUT2D eigenvalue weighted by atomic mass is 79.9. The summed E-state index contributed by atoms with van der Waals surface area (Å²) in [7, 11) is 0. The van der Waals surface area contributed by atoms with E-state index in [1.165, 1.54) is 0 Å². The number of halogens is 1. The monoisotopic (exact) mass is 381 g/mol. The molecule has 2 nitrogen and oxygen atoms in total. The minimum absolute atomic E-state index is 0.00323. The summed E-state index contributed by atoms with van der Waals surface area (Å²) in [6.07, 6.45) is 6.18. The zero-order chi connectivity index (χ0) is 16.9. The van der Waals surface area contributed by atoms with Crippen molar-refractivity contribution >= 4 is 39.1 Å². The first-order chi connectivity index (χ1) is 11.7. The molecule has 0 radical (unpaired) electrons. The van der Waals surface area contributed by atoms with Gasteiger partial charge in [0.25, 0.3) is 5.91 Å². The maximum atomic E-state index is 12.5. The van der Waals surface area contributed by atoms with Crippen molar-refractivity contribution in [1.82, 2.24) is 5.32 Å². The second-order valence-electron chi connectivity index (χ2n) is 5.87. The number of nitrogens with one attached hydrogen (secondary N) is 1. The fraction of sp³-hybridized carbons (Fsp3) is 0.190. The van der Waals surface area contributed by atoms with Crippen LogP contribution in [0.3, 0.4) is 0 Å². The number of carbonyl (C=O) groups is 1. The van der Waals surface area contributed by atoms with Crippen molar-refractivity contribution in [3.63, 3.8) is 0 Å². The molecule has 1 N–H and O–H groups in total. The zero-order valence-corrected chi connectivity index (χ0v) is 15.3. The molecule has 0 atom stereocenters. The van der Waals surface area contributed by atoms with E-state index in [4.69, 9.17) is 0 Å². The largest absolute Gasteiger partial charge is 0.352 e. The number of allylic oxidation sites excluding steroid dienone is 2. The highest BCUT2D eigenvalue weighted by Crippen LogP contribution is 2.38. The van der Waals surface area contributed by atoms with Crippen LogP contribution in [0, 0.1) is 0 Å². The molecule has 0 fully saturated rings. The second-order valence-corrected chi connectivity index (χ2v) is 6.78. The molecular weight excluding hydrogens is 362 g/mol. The van der Waals surface area contributed by atoms with E-state index < -0.39 is 0 Å². The lowest BCUT2D eigenvalue weighted by Crippen LogP contribution is -2.24. The first-order valence-electron chi connectivity index (χ1n) is 8.26. The Morgan fingerprint density at radius 3 is 2.67 bits per heavy atom. The van der Waals surface area contributed by atoms with Crippen molar-refractivity contribution in [2.75, 3.05) is 6.54 Å². The molecule has 122 valence electrons. The van der Waals surface area contributed by atoms with Crippen LogP contribution in [-0.4, -0.2) is 12.5 Å². The summed E-state index contributed by atoms with van der Waals surface area (Å²) in [5.41, 5.74) is 5.03. The van der Waals surface area contributed by atoms with Gasteiger partial charge in [0.2, 0.25) is 0 Å². The van der Waals surface area contributed by atoms with E-state index in [0.717, 1.165) is 51.7 Å². The average molecular weight is 382 g/mol. The third kappa shape index (κ3) is 3.68. The molecule has 3 heteroatoms. The number of hydrogen-bond acceptors (Lipinski definition) is 1. The Morgan fingerprint density at radius 2 is 1.92 bits per heavy atom. The summed E-state index contributed by atoms with van der Waals surface area (Å²) in [5.74, 6) is 0.00323. The number of benzene rings is 2. The molecule has 24 heavy (non-hydrogen) atoms. The number of fused-ring (bicyclic) bond motifs is 1. The number of carbonyl (C=O) groups excluding carboxylic acids is 1. The first-order valence-corrected chi connectivity index (χ1v) is 9.05. The summed E-state index contributed by atoms with van der Waals surface area (Å²) < 4.78 is 1.02. The minimum Gasteiger partial charge on any atom is -0.352 e. The highest BCUT2D eigenvalue weighted by molar-refractivity contribution is 9.10. The predicted molar refractivity (Wildman–Crippen MR) is 104 cm³/mol. The lowest BCUT2D eigenvalue weighted by atomic mass is 10.0. The van der Waals surface area contributed by atoms with Crippen molar-refractivity contribution in [2.45, 2.75) is 19.8 Å². The van der Waals surface area contributed by atoms with Gasteiger partial charge in [0, 0.05) is 16.6 Å². The van der Waals surface area contributed by atoms with E-state index in [1.54, 1.807) is 0 Å². The van der Waals surface area contributed by atoms with Crippen molar-refractivity contribution in [3.05, 3.63) is 75.8 Å². The van der Waals surface area contributed by atoms with Crippen LogP contribution in [0.25, 0.3) is 17.2 Å². The molecule has 3 rings (SSSR count). The Kier molecular flexibility index (Phi) is 5.31. The maximum absolute atomic E-state index is 12.5. The van der Waals surface area contributed by atoms with E-state index in [1.807, 2.05) is 36.4 Å². The Morgan fingerprint density at radius 1 is 1.12 bits per heavy atom. The quantitative estimate of drug-likeness (QED) is 0.699. The molecule has 0 spiro atoms. The van der Waals surface area contributed by atoms with Crippen LogP contribution in [0.2, 0.25) is 0 Å². The molecule has 0 aromatic heterocycles. The second kappa shape index (κ2) is 7.63. The summed E-state index contributed by atoms with van der Waals surface area (Å²) in [5, 5.41) is 3.02. The molecule has 0 saturated heterocycles. The van der Waals surface area contributed by atoms with Gasteiger partial charge in [0.1, 0.15) is 0 Å². The third-order valence-corrected chi connectivity index (χ3v) is 4.56. The first kappa shape index (κ1) is 16.7. The molecule has 0 aliphatic heterocycles. The summed E-state index contributed by atoms with van der Waals surface area (Å²) in [4.78, 5) is 12.5. The Labute approximate surface area is 151 Å². The smallest absolute Gasteiger partial charge is 0.251 e. The lowest BCUT2D eigenvalue weighted by Gasteiger charge is -2.07. The van der Waals surface area contributed by atoms with Crippen molar-refractivity contribution in [3.8, 4) is 0 Å². The van der Waals surface area contributed by atoms with Gasteiger partial charge in [-0.05, 0) is 53.0 Å². The van der Waals surface area contributed by atoms with Gasteiger partial charge in [-0.3, -0.25) is 4.79 Å². The van der Waals surface area contributed by atoms with Crippen LogP contribution in [0.5, 0.6) is 0 Å². The number of amides is 1. The Bertz CT molecular complexity index is 806. The molecule has 2 aromatic carbocycles. The minimum atomic E-state index is 0.00323. The molecule has 1 aliphatic rings. The van der Waals surface area contributed by atoms with Gasteiger partial charge in [-0.2, -0.15) is 0 Å². The summed E-state index contributed by atoms with van der Waals surface area (Å²) in [6, 6.07) is 16.2. The van der Waals surface area contributed by atoms with Crippen LogP contribution in [0.1, 0.15) is 36.5 Å². The predicted octanol–water partition coefficient (Wildman–Crippen LogP) is 5.30. The van der Waals surface area contributed by atoms with Crippen LogP contribution in [-0.2, 0) is 4.79 Å². The SMILES string of the molecule is CCCCNC(=O)C1=C/C(=C\c2ccccc2)c2cc(Br)ccc21. The highest BCUT2D eigenvalue weighted by Gasteiger charge is 2.23. The van der Waals surface area contributed by atoms with Gasteiger partial charge in [0.15, 0.2) is 0 Å². The third-order valence-electron chi connectivity index (χ3n) is 4.06. The van der Waals surface area contributed by atoms with Gasteiger partial charge >= 0.3 is 0 Å². The Hall–Kier alpha value is -2.13. The van der Waals surface area contributed by atoms with Gasteiger partial charge < -0.3 is 5.32 Å². The van der Waals surface area contributed by atoms with Crippen LogP contribution in [0.15, 0.2) is 59.1 Å². The van der Waals surface area contributed by atoms with Gasteiger partial charge in [-0.1, -0.05) is 65.7 Å². The number of unbranched alkanes of at least 4 members (excludes halogenated alkanes) is 1. The normalized spacial score (nSPS) is 14.4. The van der Waals surface area contributed by atoms with Gasteiger partial charge in [0.05, 0.1) is 0 Å². The molecule has 2 aromatic rings. The zero-order valence-electron chi connectivity index (χ0n) is 13.7. The van der Waals surface area contributed by atoms with Crippen molar-refractivity contribution < 1.29 is 4.79 Å². The van der Waals surface area contributed by atoms with Crippen molar-refractivity contribution in [1.29, 1.82) is 0 Å². The van der Waals surface area contributed by atoms with E-state index in [2.05, 4.69) is 52.4 Å². The molecule has 0 saturated carbocycles. The lowest BCUT2D eigenvalue weighted by molar-refractivity contribution is -0.115. The fourth-order valence-corrected chi connectivity index (χ4v) is 3.17. The average Bonchev–Trinajstić information content (AvgIpc) is 2.94. The van der Waals surface area contributed by atoms with Crippen LogP contribution in [0.4, 0.5) is 0 Å². The van der Waals surface area contributed by atoms with Gasteiger partial charge in [-0.25, -0.2) is 0 Å². The molecular formula is C21H20BrNO. The van der Waals surface area contributed by atoms with Crippen molar-refractivity contribution in [2.24, 2.45) is 0 Å². The topological polar surface area (TPSA) is 29.1 Å². The fourth-order valence-electron chi connectivity index (χ4n) is 2.81.